The van der Waals surface area contributed by atoms with E-state index in [0.717, 1.165) is 19.6 Å². The second-order valence-corrected chi connectivity index (χ2v) is 3.66. The Morgan fingerprint density at radius 1 is 1.15 bits per heavy atom. The summed E-state index contributed by atoms with van der Waals surface area (Å²) in [5.74, 6) is 0. The van der Waals surface area contributed by atoms with Gasteiger partial charge in [0, 0.05) is 6.54 Å². The number of nitrogens with zero attached hydrogens (tertiary/aromatic N) is 1. The molecule has 1 aromatic carbocycles. The van der Waals surface area contributed by atoms with Crippen LogP contribution in [-0.4, -0.2) is 28.2 Å². The summed E-state index contributed by atoms with van der Waals surface area (Å²) in [5.41, 5.74) is 1.36. The van der Waals surface area contributed by atoms with Gasteiger partial charge in [-0.25, -0.2) is 0 Å². The molecular formula is C11H16NSi. The highest BCUT2D eigenvalue weighted by Gasteiger charge is 2.02. The number of hydrogen-bond donors (Lipinski definition) is 0. The Hall–Kier alpha value is -0.603. The Labute approximate surface area is 84.2 Å². The molecule has 1 rings (SSSR count). The molecule has 0 spiro atoms. The van der Waals surface area contributed by atoms with E-state index in [1.54, 1.807) is 0 Å². The lowest BCUT2D eigenvalue weighted by Gasteiger charge is -2.19. The van der Waals surface area contributed by atoms with Crippen molar-refractivity contribution in [2.75, 3.05) is 13.1 Å². The van der Waals surface area contributed by atoms with Gasteiger partial charge < -0.3 is 0 Å². The molecule has 0 saturated carbocycles. The molecule has 0 atom stereocenters. The Morgan fingerprint density at radius 2 is 1.77 bits per heavy atom. The Bertz CT molecular complexity index is 256. The van der Waals surface area contributed by atoms with E-state index >= 15 is 0 Å². The van der Waals surface area contributed by atoms with Gasteiger partial charge in [0.05, 0.1) is 10.2 Å². The van der Waals surface area contributed by atoms with Crippen molar-refractivity contribution in [1.82, 2.24) is 4.90 Å². The summed E-state index contributed by atoms with van der Waals surface area (Å²) in [6.45, 7) is 7.64. The first-order valence-corrected chi connectivity index (χ1v) is 5.29. The quantitative estimate of drug-likeness (QED) is 0.647. The lowest BCUT2D eigenvalue weighted by atomic mass is 10.2. The molecule has 0 aliphatic rings. The largest absolute Gasteiger partial charge is 0.300 e. The van der Waals surface area contributed by atoms with Gasteiger partial charge >= 0.3 is 0 Å². The predicted molar refractivity (Wildman–Crippen MR) is 58.5 cm³/mol. The van der Waals surface area contributed by atoms with Crippen molar-refractivity contribution < 1.29 is 0 Å². The topological polar surface area (TPSA) is 3.24 Å². The van der Waals surface area contributed by atoms with E-state index in [1.165, 1.54) is 10.8 Å². The van der Waals surface area contributed by atoms with Crippen LogP contribution in [0.15, 0.2) is 24.3 Å². The van der Waals surface area contributed by atoms with Crippen LogP contribution in [0.5, 0.6) is 0 Å². The van der Waals surface area contributed by atoms with Crippen LogP contribution in [0.4, 0.5) is 0 Å². The summed E-state index contributed by atoms with van der Waals surface area (Å²) >= 11 is 0. The highest BCUT2D eigenvalue weighted by Crippen LogP contribution is 2.00. The summed E-state index contributed by atoms with van der Waals surface area (Å²) in [6, 6.07) is 8.40. The molecule has 2 heteroatoms. The molecule has 3 radical (unpaired) electrons. The van der Waals surface area contributed by atoms with E-state index < -0.39 is 0 Å². The van der Waals surface area contributed by atoms with Crippen molar-refractivity contribution >= 4 is 15.4 Å². The number of benzene rings is 1. The molecule has 0 heterocycles. The maximum absolute atomic E-state index is 3.61. The Morgan fingerprint density at radius 3 is 2.31 bits per heavy atom. The third-order valence-electron chi connectivity index (χ3n) is 2.31. The SMILES string of the molecule is CCN(CC)Cc1ccccc1[Si]. The van der Waals surface area contributed by atoms with Crippen LogP contribution in [-0.2, 0) is 6.54 Å². The molecule has 0 aliphatic carbocycles. The zero-order valence-corrected chi connectivity index (χ0v) is 9.38. The molecule has 1 nitrogen and oxygen atoms in total. The maximum Gasteiger partial charge on any atom is 0.0716 e. The van der Waals surface area contributed by atoms with E-state index in [4.69, 9.17) is 0 Å². The van der Waals surface area contributed by atoms with Gasteiger partial charge in [0.25, 0.3) is 0 Å². The summed E-state index contributed by atoms with van der Waals surface area (Å²) in [4.78, 5) is 2.40. The summed E-state index contributed by atoms with van der Waals surface area (Å²) in [7, 11) is 3.61. The van der Waals surface area contributed by atoms with Crippen LogP contribution in [0.1, 0.15) is 19.4 Å². The lowest BCUT2D eigenvalue weighted by Crippen LogP contribution is -2.25. The van der Waals surface area contributed by atoms with Crippen LogP contribution < -0.4 is 5.19 Å². The average Bonchev–Trinajstić information content (AvgIpc) is 2.17. The van der Waals surface area contributed by atoms with Gasteiger partial charge in [0.1, 0.15) is 0 Å². The Kier molecular flexibility index (Phi) is 4.19. The third kappa shape index (κ3) is 2.97. The number of rotatable bonds is 4. The fraction of sp³-hybridized carbons (Fsp3) is 0.455. The van der Waals surface area contributed by atoms with E-state index in [1.807, 2.05) is 6.07 Å². The molecule has 13 heavy (non-hydrogen) atoms. The standard InChI is InChI=1S/C11H16NSi/c1-3-12(4-2)9-10-7-5-6-8-11(10)13/h5-8H,3-4,9H2,1-2H3. The zero-order chi connectivity index (χ0) is 9.68. The van der Waals surface area contributed by atoms with Gasteiger partial charge in [-0.15, -0.1) is 0 Å². The minimum absolute atomic E-state index is 1.03. The second-order valence-electron chi connectivity index (χ2n) is 3.12. The van der Waals surface area contributed by atoms with Crippen LogP contribution in [0.25, 0.3) is 0 Å². The highest BCUT2D eigenvalue weighted by atomic mass is 28.1. The van der Waals surface area contributed by atoms with Crippen molar-refractivity contribution in [2.45, 2.75) is 20.4 Å². The molecular weight excluding hydrogens is 174 g/mol. The first-order valence-electron chi connectivity index (χ1n) is 4.79. The van der Waals surface area contributed by atoms with E-state index in [-0.39, 0.29) is 0 Å². The summed E-state index contributed by atoms with van der Waals surface area (Å²) < 4.78 is 0. The summed E-state index contributed by atoms with van der Waals surface area (Å²) in [5, 5.41) is 1.20. The summed E-state index contributed by atoms with van der Waals surface area (Å²) in [6.07, 6.45) is 0. The predicted octanol–water partition coefficient (Wildman–Crippen LogP) is 1.32. The monoisotopic (exact) mass is 190 g/mol. The first-order chi connectivity index (χ1) is 6.27. The van der Waals surface area contributed by atoms with Crippen LogP contribution in [0, 0.1) is 0 Å². The van der Waals surface area contributed by atoms with Crippen LogP contribution in [0.3, 0.4) is 0 Å². The van der Waals surface area contributed by atoms with Gasteiger partial charge in [-0.3, -0.25) is 4.90 Å². The van der Waals surface area contributed by atoms with E-state index in [9.17, 15) is 0 Å². The minimum atomic E-state index is 1.03. The van der Waals surface area contributed by atoms with Crippen molar-refractivity contribution in [3.05, 3.63) is 29.8 Å². The van der Waals surface area contributed by atoms with Gasteiger partial charge in [-0.05, 0) is 18.7 Å². The smallest absolute Gasteiger partial charge is 0.0716 e. The normalized spacial score (nSPS) is 10.8. The molecule has 1 aromatic rings. The van der Waals surface area contributed by atoms with Crippen molar-refractivity contribution in [3.8, 4) is 0 Å². The Balaban J connectivity index is 2.67. The van der Waals surface area contributed by atoms with Gasteiger partial charge in [-0.2, -0.15) is 0 Å². The van der Waals surface area contributed by atoms with E-state index in [0.29, 0.717) is 0 Å². The molecule has 69 valence electrons. The van der Waals surface area contributed by atoms with Crippen LogP contribution in [0.2, 0.25) is 0 Å². The van der Waals surface area contributed by atoms with E-state index in [2.05, 4.69) is 47.2 Å². The average molecular weight is 190 g/mol. The van der Waals surface area contributed by atoms with Crippen molar-refractivity contribution in [1.29, 1.82) is 0 Å². The lowest BCUT2D eigenvalue weighted by molar-refractivity contribution is 0.296. The molecule has 0 N–H and O–H groups in total. The highest BCUT2D eigenvalue weighted by molar-refractivity contribution is 6.33. The molecule has 0 unspecified atom stereocenters. The fourth-order valence-electron chi connectivity index (χ4n) is 1.35. The first kappa shape index (κ1) is 10.5. The molecule has 0 aliphatic heterocycles. The molecule has 0 fully saturated rings. The van der Waals surface area contributed by atoms with Crippen molar-refractivity contribution in [2.24, 2.45) is 0 Å². The van der Waals surface area contributed by atoms with Gasteiger partial charge in [0.15, 0.2) is 0 Å². The van der Waals surface area contributed by atoms with Crippen LogP contribution >= 0.6 is 0 Å². The third-order valence-corrected chi connectivity index (χ3v) is 2.79. The van der Waals surface area contributed by atoms with Crippen molar-refractivity contribution in [3.63, 3.8) is 0 Å². The molecule has 0 aromatic heterocycles. The maximum atomic E-state index is 3.61. The fourth-order valence-corrected chi connectivity index (χ4v) is 1.60. The second kappa shape index (κ2) is 5.20. The molecule has 0 bridgehead atoms. The van der Waals surface area contributed by atoms with Gasteiger partial charge in [0.2, 0.25) is 0 Å². The molecule has 0 saturated heterocycles. The number of hydrogen-bond acceptors (Lipinski definition) is 1. The molecule has 0 amide bonds. The van der Waals surface area contributed by atoms with Gasteiger partial charge in [-0.1, -0.05) is 43.3 Å². The minimum Gasteiger partial charge on any atom is -0.300 e. The zero-order valence-electron chi connectivity index (χ0n) is 8.38.